The average molecular weight is 357 g/mol. The lowest BCUT2D eigenvalue weighted by Gasteiger charge is -2.34. The Hall–Kier alpha value is -3.03. The molecule has 0 aromatic heterocycles. The van der Waals surface area contributed by atoms with Gasteiger partial charge in [-0.25, -0.2) is 0 Å². The van der Waals surface area contributed by atoms with E-state index in [4.69, 9.17) is 10.00 Å². The molecule has 0 amide bonds. The van der Waals surface area contributed by atoms with Crippen molar-refractivity contribution < 1.29 is 4.74 Å². The van der Waals surface area contributed by atoms with Gasteiger partial charge in [0.1, 0.15) is 11.9 Å². The van der Waals surface area contributed by atoms with Crippen molar-refractivity contribution in [2.45, 2.75) is 19.1 Å². The second-order valence-electron chi connectivity index (χ2n) is 7.11. The number of nitrogens with one attached hydrogen (secondary N) is 1. The summed E-state index contributed by atoms with van der Waals surface area (Å²) in [5, 5.41) is 15.3. The van der Waals surface area contributed by atoms with Crippen molar-refractivity contribution in [2.24, 2.45) is 0 Å². The molecule has 1 heterocycles. The van der Waals surface area contributed by atoms with Crippen LogP contribution < -0.4 is 15.0 Å². The Morgan fingerprint density at radius 2 is 2.00 bits per heavy atom. The van der Waals surface area contributed by atoms with Crippen molar-refractivity contribution in [3.05, 3.63) is 71.8 Å². The van der Waals surface area contributed by atoms with Crippen LogP contribution in [0.25, 0.3) is 10.8 Å². The van der Waals surface area contributed by atoms with Gasteiger partial charge in [0.25, 0.3) is 0 Å². The van der Waals surface area contributed by atoms with Crippen LogP contribution in [0.2, 0.25) is 0 Å². The molecule has 0 fully saturated rings. The van der Waals surface area contributed by atoms with Crippen LogP contribution in [0, 0.1) is 11.3 Å². The van der Waals surface area contributed by atoms with Crippen LogP contribution in [0.3, 0.4) is 0 Å². The summed E-state index contributed by atoms with van der Waals surface area (Å²) in [6, 6.07) is 22.9. The molecular formula is C23H23N3O. The zero-order valence-corrected chi connectivity index (χ0v) is 15.6. The number of benzene rings is 3. The maximum absolute atomic E-state index is 9.13. The minimum absolute atomic E-state index is 0.0360. The Morgan fingerprint density at radius 3 is 2.85 bits per heavy atom. The number of nitriles is 1. The van der Waals surface area contributed by atoms with E-state index >= 15 is 0 Å². The topological polar surface area (TPSA) is 48.3 Å². The fourth-order valence-corrected chi connectivity index (χ4v) is 3.77. The van der Waals surface area contributed by atoms with Gasteiger partial charge in [-0.15, -0.1) is 0 Å². The largest absolute Gasteiger partial charge is 0.485 e. The molecule has 27 heavy (non-hydrogen) atoms. The van der Waals surface area contributed by atoms with Gasteiger partial charge in [0.05, 0.1) is 23.9 Å². The Bertz CT molecular complexity index is 1000. The Balaban J connectivity index is 1.48. The van der Waals surface area contributed by atoms with E-state index < -0.39 is 0 Å². The number of rotatable bonds is 4. The standard InChI is InChI=1S/C23H23N3O/c1-16(20-9-5-7-18-6-3-4-8-21(18)20)25-14-19-15-26(2)22-11-10-17(13-24)12-23(22)27-19/h3-12,16,19,25H,14-15H2,1-2H3. The number of likely N-dealkylation sites (N-methyl/N-ethyl adjacent to an activating group) is 1. The average Bonchev–Trinajstić information content (AvgIpc) is 2.71. The van der Waals surface area contributed by atoms with E-state index in [1.807, 2.05) is 18.2 Å². The molecule has 1 aliphatic heterocycles. The molecule has 136 valence electrons. The van der Waals surface area contributed by atoms with Gasteiger partial charge in [-0.2, -0.15) is 5.26 Å². The lowest BCUT2D eigenvalue weighted by Crippen LogP contribution is -2.44. The molecule has 3 aromatic carbocycles. The third-order valence-electron chi connectivity index (χ3n) is 5.21. The lowest BCUT2D eigenvalue weighted by molar-refractivity contribution is 0.188. The zero-order chi connectivity index (χ0) is 18.8. The van der Waals surface area contributed by atoms with Crippen LogP contribution >= 0.6 is 0 Å². The zero-order valence-electron chi connectivity index (χ0n) is 15.6. The number of ether oxygens (including phenoxy) is 1. The first-order chi connectivity index (χ1) is 13.2. The Labute approximate surface area is 160 Å². The van der Waals surface area contributed by atoms with Crippen molar-refractivity contribution in [1.29, 1.82) is 5.26 Å². The molecule has 4 nitrogen and oxygen atoms in total. The fraction of sp³-hybridized carbons (Fsp3) is 0.261. The van der Waals surface area contributed by atoms with Crippen LogP contribution in [0.15, 0.2) is 60.7 Å². The van der Waals surface area contributed by atoms with Gasteiger partial charge in [-0.3, -0.25) is 0 Å². The summed E-state index contributed by atoms with van der Waals surface area (Å²) in [5.74, 6) is 0.785. The normalized spacial score (nSPS) is 17.1. The van der Waals surface area contributed by atoms with Crippen LogP contribution in [-0.4, -0.2) is 26.2 Å². The van der Waals surface area contributed by atoms with Gasteiger partial charge in [-0.05, 0) is 35.4 Å². The molecule has 0 radical (unpaired) electrons. The van der Waals surface area contributed by atoms with Gasteiger partial charge in [0, 0.05) is 25.7 Å². The molecule has 1 N–H and O–H groups in total. The minimum atomic E-state index is 0.0360. The SMILES string of the molecule is CC(NCC1CN(C)c2ccc(C#N)cc2O1)c1cccc2ccccc12. The fourth-order valence-electron chi connectivity index (χ4n) is 3.77. The van der Waals surface area contributed by atoms with Crippen molar-refractivity contribution in [1.82, 2.24) is 5.32 Å². The summed E-state index contributed by atoms with van der Waals surface area (Å²) >= 11 is 0. The molecule has 0 bridgehead atoms. The van der Waals surface area contributed by atoms with E-state index in [1.54, 1.807) is 0 Å². The van der Waals surface area contributed by atoms with Crippen LogP contribution in [0.1, 0.15) is 24.1 Å². The predicted molar refractivity (Wildman–Crippen MR) is 109 cm³/mol. The quantitative estimate of drug-likeness (QED) is 0.758. The summed E-state index contributed by atoms with van der Waals surface area (Å²) in [7, 11) is 2.06. The Morgan fingerprint density at radius 1 is 1.19 bits per heavy atom. The van der Waals surface area contributed by atoms with Crippen molar-refractivity contribution in [3.63, 3.8) is 0 Å². The van der Waals surface area contributed by atoms with Gasteiger partial charge < -0.3 is 15.0 Å². The highest BCUT2D eigenvalue weighted by atomic mass is 16.5. The molecule has 0 aliphatic carbocycles. The van der Waals surface area contributed by atoms with Crippen molar-refractivity contribution in [3.8, 4) is 11.8 Å². The minimum Gasteiger partial charge on any atom is -0.485 e. The number of anilines is 1. The lowest BCUT2D eigenvalue weighted by atomic mass is 9.99. The van der Waals surface area contributed by atoms with Crippen molar-refractivity contribution in [2.75, 3.05) is 25.0 Å². The number of hydrogen-bond acceptors (Lipinski definition) is 4. The molecular weight excluding hydrogens is 334 g/mol. The molecule has 2 atom stereocenters. The van der Waals surface area contributed by atoms with E-state index in [0.717, 1.165) is 24.5 Å². The monoisotopic (exact) mass is 357 g/mol. The molecule has 0 saturated heterocycles. The van der Waals surface area contributed by atoms with E-state index in [1.165, 1.54) is 16.3 Å². The van der Waals surface area contributed by atoms with Crippen molar-refractivity contribution >= 4 is 16.5 Å². The summed E-state index contributed by atoms with van der Waals surface area (Å²) in [4.78, 5) is 2.19. The maximum Gasteiger partial charge on any atom is 0.144 e. The van der Waals surface area contributed by atoms with Crippen LogP contribution in [-0.2, 0) is 0 Å². The van der Waals surface area contributed by atoms with E-state index in [0.29, 0.717) is 5.56 Å². The van der Waals surface area contributed by atoms with Gasteiger partial charge >= 0.3 is 0 Å². The smallest absolute Gasteiger partial charge is 0.144 e. The molecule has 3 aromatic rings. The molecule has 4 rings (SSSR count). The Kier molecular flexibility index (Phi) is 4.70. The number of nitrogens with zero attached hydrogens (tertiary/aromatic N) is 2. The predicted octanol–water partition coefficient (Wildman–Crippen LogP) is 4.26. The number of hydrogen-bond donors (Lipinski definition) is 1. The summed E-state index contributed by atoms with van der Waals surface area (Å²) < 4.78 is 6.16. The summed E-state index contributed by atoms with van der Waals surface area (Å²) in [6.45, 7) is 3.75. The maximum atomic E-state index is 9.13. The molecule has 1 aliphatic rings. The highest BCUT2D eigenvalue weighted by Gasteiger charge is 2.24. The third kappa shape index (κ3) is 3.47. The first-order valence-electron chi connectivity index (χ1n) is 9.28. The summed E-state index contributed by atoms with van der Waals surface area (Å²) in [6.07, 6.45) is 0.0360. The molecule has 0 spiro atoms. The first kappa shape index (κ1) is 17.4. The highest BCUT2D eigenvalue weighted by Crippen LogP contribution is 2.33. The van der Waals surface area contributed by atoms with Gasteiger partial charge in [0.15, 0.2) is 0 Å². The second kappa shape index (κ2) is 7.30. The molecule has 4 heteroatoms. The highest BCUT2D eigenvalue weighted by molar-refractivity contribution is 5.86. The first-order valence-corrected chi connectivity index (χ1v) is 9.28. The molecule has 0 saturated carbocycles. The number of fused-ring (bicyclic) bond motifs is 2. The van der Waals surface area contributed by atoms with E-state index in [-0.39, 0.29) is 12.1 Å². The third-order valence-corrected chi connectivity index (χ3v) is 5.21. The summed E-state index contributed by atoms with van der Waals surface area (Å²) in [5.41, 5.74) is 2.96. The van der Waals surface area contributed by atoms with E-state index in [2.05, 4.69) is 72.7 Å². The second-order valence-corrected chi connectivity index (χ2v) is 7.11. The van der Waals surface area contributed by atoms with Gasteiger partial charge in [0.2, 0.25) is 0 Å². The molecule has 2 unspecified atom stereocenters. The van der Waals surface area contributed by atoms with E-state index in [9.17, 15) is 0 Å². The van der Waals surface area contributed by atoms with Crippen LogP contribution in [0.4, 0.5) is 5.69 Å². The van der Waals surface area contributed by atoms with Gasteiger partial charge in [-0.1, -0.05) is 42.5 Å². The van der Waals surface area contributed by atoms with Crippen LogP contribution in [0.5, 0.6) is 5.75 Å².